The Morgan fingerprint density at radius 2 is 1.67 bits per heavy atom. The number of carbonyl (C=O) groups is 2. The number of halogens is 3. The van der Waals surface area contributed by atoms with E-state index in [-0.39, 0.29) is 5.69 Å². The second-order valence-corrected chi connectivity index (χ2v) is 5.80. The fourth-order valence-corrected chi connectivity index (χ4v) is 2.26. The lowest BCUT2D eigenvalue weighted by Crippen LogP contribution is -2.29. The minimum atomic E-state index is -0.834. The van der Waals surface area contributed by atoms with Crippen molar-refractivity contribution >= 4 is 62.3 Å². The van der Waals surface area contributed by atoms with Gasteiger partial charge >= 0.3 is 11.8 Å². The maximum absolute atomic E-state index is 11.8. The summed E-state index contributed by atoms with van der Waals surface area (Å²) in [5.41, 5.74) is 0.778. The first-order chi connectivity index (χ1) is 9.95. The van der Waals surface area contributed by atoms with Crippen molar-refractivity contribution in [2.75, 3.05) is 10.6 Å². The van der Waals surface area contributed by atoms with E-state index in [1.165, 1.54) is 12.1 Å². The molecule has 0 unspecified atom stereocenters. The molecule has 4 nitrogen and oxygen atoms in total. The summed E-state index contributed by atoms with van der Waals surface area (Å²) in [6.45, 7) is 0. The Balaban J connectivity index is 2.06. The van der Waals surface area contributed by atoms with E-state index in [4.69, 9.17) is 23.2 Å². The van der Waals surface area contributed by atoms with Gasteiger partial charge in [-0.15, -0.1) is 0 Å². The minimum Gasteiger partial charge on any atom is -0.318 e. The lowest BCUT2D eigenvalue weighted by atomic mass is 10.3. The van der Waals surface area contributed by atoms with E-state index in [1.54, 1.807) is 24.3 Å². The highest BCUT2D eigenvalue weighted by atomic mass is 79.9. The Kier molecular flexibility index (Phi) is 5.22. The fourth-order valence-electron chi connectivity index (χ4n) is 1.53. The van der Waals surface area contributed by atoms with Crippen molar-refractivity contribution in [3.63, 3.8) is 0 Å². The predicted molar refractivity (Wildman–Crippen MR) is 87.9 cm³/mol. The molecule has 2 N–H and O–H groups in total. The monoisotopic (exact) mass is 386 g/mol. The third kappa shape index (κ3) is 4.46. The number of carbonyl (C=O) groups excluding carboxylic acids is 2. The summed E-state index contributed by atoms with van der Waals surface area (Å²) >= 11 is 15.0. The Labute approximate surface area is 139 Å². The summed E-state index contributed by atoms with van der Waals surface area (Å²) in [4.78, 5) is 23.6. The van der Waals surface area contributed by atoms with Crippen LogP contribution in [0.25, 0.3) is 0 Å². The van der Waals surface area contributed by atoms with E-state index in [0.717, 1.165) is 4.47 Å². The molecule has 0 aliphatic heterocycles. The molecular formula is C14H9BrCl2N2O2. The summed E-state index contributed by atoms with van der Waals surface area (Å²) in [5.74, 6) is -1.64. The molecule has 0 bridgehead atoms. The Hall–Kier alpha value is -1.56. The van der Waals surface area contributed by atoms with Gasteiger partial charge in [0.1, 0.15) is 0 Å². The Morgan fingerprint density at radius 1 is 0.952 bits per heavy atom. The maximum atomic E-state index is 11.8. The molecule has 2 aromatic rings. The topological polar surface area (TPSA) is 58.2 Å². The van der Waals surface area contributed by atoms with Crippen LogP contribution in [0, 0.1) is 0 Å². The van der Waals surface area contributed by atoms with Gasteiger partial charge in [-0.1, -0.05) is 45.2 Å². The number of rotatable bonds is 2. The third-order valence-corrected chi connectivity index (χ3v) is 3.52. The van der Waals surface area contributed by atoms with E-state index in [9.17, 15) is 9.59 Å². The second-order valence-electron chi connectivity index (χ2n) is 4.04. The molecule has 108 valence electrons. The summed E-state index contributed by atoms with van der Waals surface area (Å²) in [5, 5.41) is 5.59. The average molecular weight is 388 g/mol. The molecule has 2 amide bonds. The van der Waals surface area contributed by atoms with Crippen LogP contribution in [-0.4, -0.2) is 11.8 Å². The van der Waals surface area contributed by atoms with E-state index < -0.39 is 11.8 Å². The van der Waals surface area contributed by atoms with Gasteiger partial charge in [0.25, 0.3) is 0 Å². The molecule has 0 atom stereocenters. The normalized spacial score (nSPS) is 10.0. The number of nitrogens with one attached hydrogen (secondary N) is 2. The van der Waals surface area contributed by atoms with Crippen LogP contribution in [0.1, 0.15) is 0 Å². The highest BCUT2D eigenvalue weighted by Gasteiger charge is 2.15. The molecule has 2 aromatic carbocycles. The third-order valence-electron chi connectivity index (χ3n) is 2.47. The first-order valence-corrected chi connectivity index (χ1v) is 7.33. The Morgan fingerprint density at radius 3 is 2.38 bits per heavy atom. The maximum Gasteiger partial charge on any atom is 0.314 e. The van der Waals surface area contributed by atoms with Crippen molar-refractivity contribution in [1.82, 2.24) is 0 Å². The van der Waals surface area contributed by atoms with Crippen LogP contribution in [-0.2, 0) is 9.59 Å². The summed E-state index contributed by atoms with van der Waals surface area (Å²) in [7, 11) is 0. The highest BCUT2D eigenvalue weighted by molar-refractivity contribution is 9.10. The van der Waals surface area contributed by atoms with Gasteiger partial charge in [-0.25, -0.2) is 0 Å². The molecule has 0 aliphatic rings. The van der Waals surface area contributed by atoms with Crippen LogP contribution >= 0.6 is 39.1 Å². The van der Waals surface area contributed by atoms with Crippen LogP contribution in [0.4, 0.5) is 11.4 Å². The molecule has 2 rings (SSSR count). The molecule has 0 saturated heterocycles. The van der Waals surface area contributed by atoms with Gasteiger partial charge in [-0.3, -0.25) is 9.59 Å². The van der Waals surface area contributed by atoms with Crippen molar-refractivity contribution in [1.29, 1.82) is 0 Å². The van der Waals surface area contributed by atoms with Crippen LogP contribution in [0.2, 0.25) is 10.0 Å². The largest absolute Gasteiger partial charge is 0.318 e. The molecular weight excluding hydrogens is 379 g/mol. The van der Waals surface area contributed by atoms with Gasteiger partial charge in [-0.2, -0.15) is 0 Å². The van der Waals surface area contributed by atoms with Crippen molar-refractivity contribution < 1.29 is 9.59 Å². The molecule has 0 heterocycles. The van der Waals surface area contributed by atoms with Gasteiger partial charge in [0.15, 0.2) is 0 Å². The Bertz CT molecular complexity index is 707. The van der Waals surface area contributed by atoms with Crippen LogP contribution in [0.5, 0.6) is 0 Å². The lowest BCUT2D eigenvalue weighted by molar-refractivity contribution is -0.132. The smallest absolute Gasteiger partial charge is 0.314 e. The first kappa shape index (κ1) is 15.8. The zero-order valence-corrected chi connectivity index (χ0v) is 13.6. The van der Waals surface area contributed by atoms with Crippen LogP contribution in [0.3, 0.4) is 0 Å². The molecule has 0 aromatic heterocycles. The average Bonchev–Trinajstić information content (AvgIpc) is 2.43. The van der Waals surface area contributed by atoms with Gasteiger partial charge in [0, 0.05) is 15.2 Å². The van der Waals surface area contributed by atoms with E-state index >= 15 is 0 Å². The zero-order valence-electron chi connectivity index (χ0n) is 10.5. The zero-order chi connectivity index (χ0) is 15.4. The van der Waals surface area contributed by atoms with Crippen molar-refractivity contribution in [3.05, 3.63) is 57.0 Å². The molecule has 7 heteroatoms. The van der Waals surface area contributed by atoms with Gasteiger partial charge in [-0.05, 0) is 36.4 Å². The summed E-state index contributed by atoms with van der Waals surface area (Å²) < 4.78 is 0.790. The molecule has 0 spiro atoms. The second kappa shape index (κ2) is 6.93. The molecule has 0 aliphatic carbocycles. The number of benzene rings is 2. The molecule has 0 saturated carbocycles. The first-order valence-electron chi connectivity index (χ1n) is 5.78. The molecule has 21 heavy (non-hydrogen) atoms. The van der Waals surface area contributed by atoms with Crippen LogP contribution in [0.15, 0.2) is 46.9 Å². The summed E-state index contributed by atoms with van der Waals surface area (Å²) in [6.07, 6.45) is 0. The quantitative estimate of drug-likeness (QED) is 0.753. The van der Waals surface area contributed by atoms with Gasteiger partial charge in [0.2, 0.25) is 0 Å². The number of amides is 2. The molecule has 0 fully saturated rings. The van der Waals surface area contributed by atoms with E-state index in [0.29, 0.717) is 15.7 Å². The number of hydrogen-bond donors (Lipinski definition) is 2. The molecule has 0 radical (unpaired) electrons. The standard InChI is InChI=1S/C14H9BrCl2N2O2/c15-8-2-1-3-10(6-8)18-13(20)14(21)19-12-7-9(16)4-5-11(12)17/h1-7H,(H,18,20)(H,19,21). The van der Waals surface area contributed by atoms with Crippen molar-refractivity contribution in [3.8, 4) is 0 Å². The van der Waals surface area contributed by atoms with Crippen molar-refractivity contribution in [2.45, 2.75) is 0 Å². The van der Waals surface area contributed by atoms with Gasteiger partial charge in [0.05, 0.1) is 10.7 Å². The van der Waals surface area contributed by atoms with Crippen molar-refractivity contribution in [2.24, 2.45) is 0 Å². The number of hydrogen-bond acceptors (Lipinski definition) is 2. The summed E-state index contributed by atoms with van der Waals surface area (Å²) in [6, 6.07) is 11.5. The SMILES string of the molecule is O=C(Nc1cccc(Br)c1)C(=O)Nc1cc(Cl)ccc1Cl. The fraction of sp³-hybridized carbons (Fsp3) is 0. The predicted octanol–water partition coefficient (Wildman–Crippen LogP) is 4.33. The lowest BCUT2D eigenvalue weighted by Gasteiger charge is -2.08. The number of anilines is 2. The van der Waals surface area contributed by atoms with Crippen LogP contribution < -0.4 is 10.6 Å². The van der Waals surface area contributed by atoms with Gasteiger partial charge < -0.3 is 10.6 Å². The highest BCUT2D eigenvalue weighted by Crippen LogP contribution is 2.25. The van der Waals surface area contributed by atoms with E-state index in [2.05, 4.69) is 26.6 Å². The minimum absolute atomic E-state index is 0.276. The van der Waals surface area contributed by atoms with E-state index in [1.807, 2.05) is 6.07 Å².